The molecular formula is C19H22FN3O2. The summed E-state index contributed by atoms with van der Waals surface area (Å²) in [6.45, 7) is 3.25. The fraction of sp³-hybridized carbons (Fsp3) is 0.368. The zero-order valence-corrected chi connectivity index (χ0v) is 14.0. The van der Waals surface area contributed by atoms with E-state index in [0.717, 1.165) is 13.0 Å². The van der Waals surface area contributed by atoms with Crippen LogP contribution in [0, 0.1) is 5.82 Å². The molecule has 1 fully saturated rings. The molecule has 1 aliphatic heterocycles. The third-order valence-electron chi connectivity index (χ3n) is 4.45. The van der Waals surface area contributed by atoms with Gasteiger partial charge in [0.2, 0.25) is 0 Å². The van der Waals surface area contributed by atoms with Crippen LogP contribution in [0.15, 0.2) is 48.7 Å². The number of benzene rings is 1. The van der Waals surface area contributed by atoms with Crippen molar-refractivity contribution in [1.29, 1.82) is 0 Å². The molecule has 2 heterocycles. The molecule has 1 N–H and O–H groups in total. The molecule has 1 atom stereocenters. The van der Waals surface area contributed by atoms with Gasteiger partial charge in [-0.15, -0.1) is 0 Å². The highest BCUT2D eigenvalue weighted by atomic mass is 19.1. The van der Waals surface area contributed by atoms with Crippen LogP contribution in [-0.2, 0) is 0 Å². The van der Waals surface area contributed by atoms with Crippen LogP contribution in [0.25, 0.3) is 0 Å². The van der Waals surface area contributed by atoms with Crippen molar-refractivity contribution in [3.63, 3.8) is 0 Å². The molecule has 0 saturated carbocycles. The monoisotopic (exact) mass is 343 g/mol. The molecule has 1 aromatic carbocycles. The maximum absolute atomic E-state index is 13.0. The quantitative estimate of drug-likeness (QED) is 0.924. The van der Waals surface area contributed by atoms with Crippen LogP contribution in [0.3, 0.4) is 0 Å². The number of aliphatic hydroxyl groups is 1. The van der Waals surface area contributed by atoms with E-state index in [9.17, 15) is 14.3 Å². The van der Waals surface area contributed by atoms with Gasteiger partial charge in [0.25, 0.3) is 5.91 Å². The van der Waals surface area contributed by atoms with E-state index in [0.29, 0.717) is 37.4 Å². The van der Waals surface area contributed by atoms with Crippen molar-refractivity contribution in [2.75, 3.05) is 32.7 Å². The molecule has 25 heavy (non-hydrogen) atoms. The standard InChI is InChI=1S/C19H22FN3O2/c20-16-7-5-15(6-8-16)18(24)14-22-10-3-11-23(13-12-22)19(25)17-4-1-2-9-21-17/h1-2,4-9,18,24H,3,10-14H2/t18-/m0/s1. The Morgan fingerprint density at radius 1 is 1.12 bits per heavy atom. The van der Waals surface area contributed by atoms with Gasteiger partial charge in [0.05, 0.1) is 6.10 Å². The molecule has 1 aliphatic rings. The molecule has 0 unspecified atom stereocenters. The average molecular weight is 343 g/mol. The Morgan fingerprint density at radius 3 is 2.64 bits per heavy atom. The van der Waals surface area contributed by atoms with Gasteiger partial charge in [0.1, 0.15) is 11.5 Å². The van der Waals surface area contributed by atoms with Gasteiger partial charge < -0.3 is 10.0 Å². The van der Waals surface area contributed by atoms with Crippen molar-refractivity contribution >= 4 is 5.91 Å². The Balaban J connectivity index is 1.56. The number of hydrogen-bond donors (Lipinski definition) is 1. The predicted octanol–water partition coefficient (Wildman–Crippen LogP) is 2.10. The van der Waals surface area contributed by atoms with Gasteiger partial charge in [-0.05, 0) is 36.2 Å². The molecule has 0 bridgehead atoms. The highest BCUT2D eigenvalue weighted by Gasteiger charge is 2.22. The van der Waals surface area contributed by atoms with Crippen molar-refractivity contribution in [1.82, 2.24) is 14.8 Å². The second kappa shape index (κ2) is 8.18. The molecule has 3 rings (SSSR count). The summed E-state index contributed by atoms with van der Waals surface area (Å²) in [6, 6.07) is 11.2. The van der Waals surface area contributed by atoms with Crippen LogP contribution in [0.4, 0.5) is 4.39 Å². The number of nitrogens with zero attached hydrogens (tertiary/aromatic N) is 3. The Kier molecular flexibility index (Phi) is 5.73. The number of hydrogen-bond acceptors (Lipinski definition) is 4. The van der Waals surface area contributed by atoms with E-state index in [1.165, 1.54) is 12.1 Å². The summed E-state index contributed by atoms with van der Waals surface area (Å²) in [4.78, 5) is 20.6. The van der Waals surface area contributed by atoms with Gasteiger partial charge >= 0.3 is 0 Å². The van der Waals surface area contributed by atoms with Crippen molar-refractivity contribution in [2.24, 2.45) is 0 Å². The van der Waals surface area contributed by atoms with E-state index in [1.54, 1.807) is 30.5 Å². The van der Waals surface area contributed by atoms with E-state index in [4.69, 9.17) is 0 Å². The first-order valence-electron chi connectivity index (χ1n) is 8.49. The molecule has 0 spiro atoms. The maximum Gasteiger partial charge on any atom is 0.272 e. The molecule has 2 aromatic rings. The fourth-order valence-corrected chi connectivity index (χ4v) is 3.04. The maximum atomic E-state index is 13.0. The first-order valence-corrected chi connectivity index (χ1v) is 8.49. The number of pyridine rings is 1. The minimum atomic E-state index is -0.668. The molecule has 1 amide bonds. The molecule has 1 aromatic heterocycles. The lowest BCUT2D eigenvalue weighted by atomic mass is 10.1. The van der Waals surface area contributed by atoms with Gasteiger partial charge in [0.15, 0.2) is 0 Å². The van der Waals surface area contributed by atoms with E-state index >= 15 is 0 Å². The van der Waals surface area contributed by atoms with Gasteiger partial charge in [-0.1, -0.05) is 18.2 Å². The summed E-state index contributed by atoms with van der Waals surface area (Å²) in [7, 11) is 0. The van der Waals surface area contributed by atoms with Crippen LogP contribution < -0.4 is 0 Å². The Hall–Kier alpha value is -2.31. The Morgan fingerprint density at radius 2 is 1.92 bits per heavy atom. The van der Waals surface area contributed by atoms with Crippen LogP contribution in [0.5, 0.6) is 0 Å². The summed E-state index contributed by atoms with van der Waals surface area (Å²) in [5, 5.41) is 10.4. The predicted molar refractivity (Wildman–Crippen MR) is 92.6 cm³/mol. The van der Waals surface area contributed by atoms with Gasteiger partial charge in [-0.2, -0.15) is 0 Å². The summed E-state index contributed by atoms with van der Waals surface area (Å²) >= 11 is 0. The van der Waals surface area contributed by atoms with Gasteiger partial charge in [0, 0.05) is 38.9 Å². The van der Waals surface area contributed by atoms with Crippen molar-refractivity contribution < 1.29 is 14.3 Å². The van der Waals surface area contributed by atoms with Crippen LogP contribution >= 0.6 is 0 Å². The molecule has 6 heteroatoms. The lowest BCUT2D eigenvalue weighted by Crippen LogP contribution is -2.36. The number of aromatic nitrogens is 1. The lowest BCUT2D eigenvalue weighted by molar-refractivity contribution is 0.0748. The number of halogens is 1. The highest BCUT2D eigenvalue weighted by Crippen LogP contribution is 2.16. The van der Waals surface area contributed by atoms with Crippen LogP contribution in [0.1, 0.15) is 28.6 Å². The van der Waals surface area contributed by atoms with Gasteiger partial charge in [-0.25, -0.2) is 4.39 Å². The topological polar surface area (TPSA) is 56.7 Å². The minimum Gasteiger partial charge on any atom is -0.387 e. The summed E-state index contributed by atoms with van der Waals surface area (Å²) in [6.07, 6.45) is 1.80. The average Bonchev–Trinajstić information content (AvgIpc) is 2.88. The minimum absolute atomic E-state index is 0.0541. The molecule has 1 saturated heterocycles. The number of aliphatic hydroxyl groups excluding tert-OH is 1. The third kappa shape index (κ3) is 4.61. The van der Waals surface area contributed by atoms with Crippen LogP contribution in [-0.4, -0.2) is 58.5 Å². The summed E-state index contributed by atoms with van der Waals surface area (Å²) < 4.78 is 13.0. The SMILES string of the molecule is O=C(c1ccccn1)N1CCCN(C[C@H](O)c2ccc(F)cc2)CC1. The Bertz CT molecular complexity index is 694. The first kappa shape index (κ1) is 17.5. The van der Waals surface area contributed by atoms with E-state index in [-0.39, 0.29) is 11.7 Å². The molecule has 132 valence electrons. The lowest BCUT2D eigenvalue weighted by Gasteiger charge is -2.24. The first-order chi connectivity index (χ1) is 12.1. The van der Waals surface area contributed by atoms with Crippen molar-refractivity contribution in [3.05, 3.63) is 65.7 Å². The largest absolute Gasteiger partial charge is 0.387 e. The number of amides is 1. The number of carbonyl (C=O) groups is 1. The fourth-order valence-electron chi connectivity index (χ4n) is 3.04. The van der Waals surface area contributed by atoms with E-state index in [1.807, 2.05) is 11.0 Å². The molecular weight excluding hydrogens is 321 g/mol. The number of rotatable bonds is 4. The smallest absolute Gasteiger partial charge is 0.272 e. The zero-order valence-electron chi connectivity index (χ0n) is 14.0. The number of β-amino-alcohol motifs (C(OH)–C–C–N with tert-alkyl or cyclic N) is 1. The van der Waals surface area contributed by atoms with E-state index < -0.39 is 6.10 Å². The zero-order chi connectivity index (χ0) is 17.6. The van der Waals surface area contributed by atoms with E-state index in [2.05, 4.69) is 9.88 Å². The molecule has 0 aliphatic carbocycles. The number of carbonyl (C=O) groups excluding carboxylic acids is 1. The molecule has 5 nitrogen and oxygen atoms in total. The molecule has 0 radical (unpaired) electrons. The second-order valence-corrected chi connectivity index (χ2v) is 6.23. The Labute approximate surface area is 146 Å². The third-order valence-corrected chi connectivity index (χ3v) is 4.45. The normalized spacial score (nSPS) is 17.1. The summed E-state index contributed by atoms with van der Waals surface area (Å²) in [5.41, 5.74) is 1.16. The second-order valence-electron chi connectivity index (χ2n) is 6.23. The highest BCUT2D eigenvalue weighted by molar-refractivity contribution is 5.92. The van der Waals surface area contributed by atoms with Crippen LogP contribution in [0.2, 0.25) is 0 Å². The van der Waals surface area contributed by atoms with Gasteiger partial charge in [-0.3, -0.25) is 14.7 Å². The van der Waals surface area contributed by atoms with Crippen molar-refractivity contribution in [3.8, 4) is 0 Å². The summed E-state index contributed by atoms with van der Waals surface area (Å²) in [5.74, 6) is -0.365. The van der Waals surface area contributed by atoms with Crippen molar-refractivity contribution in [2.45, 2.75) is 12.5 Å².